The van der Waals surface area contributed by atoms with E-state index < -0.39 is 0 Å². The summed E-state index contributed by atoms with van der Waals surface area (Å²) in [5.74, 6) is 1.25. The highest BCUT2D eigenvalue weighted by atomic mass is 16.5. The number of nitrogens with zero attached hydrogens (tertiary/aromatic N) is 1. The van der Waals surface area contributed by atoms with Crippen LogP contribution in [0.1, 0.15) is 76.7 Å². The van der Waals surface area contributed by atoms with Gasteiger partial charge in [-0.15, -0.1) is 0 Å². The number of carbonyl (C=O) groups excluding carboxylic acids is 2. The maximum Gasteiger partial charge on any atom is 0.235 e. The number of carbonyl (C=O) groups is 2. The van der Waals surface area contributed by atoms with Crippen LogP contribution in [0.2, 0.25) is 0 Å². The summed E-state index contributed by atoms with van der Waals surface area (Å²) < 4.78 is 5.42. The number of benzene rings is 2. The zero-order valence-electron chi connectivity index (χ0n) is 19.7. The Hall–Kier alpha value is -2.36. The third kappa shape index (κ3) is 4.55. The molecule has 2 amide bonds. The third-order valence-corrected chi connectivity index (χ3v) is 7.97. The van der Waals surface area contributed by atoms with Crippen molar-refractivity contribution in [2.75, 3.05) is 13.7 Å². The molecule has 0 saturated heterocycles. The highest BCUT2D eigenvalue weighted by molar-refractivity contribution is 5.97. The topological polar surface area (TPSA) is 46.6 Å². The molecule has 2 aromatic carbocycles. The van der Waals surface area contributed by atoms with E-state index in [1.165, 1.54) is 25.7 Å². The summed E-state index contributed by atoms with van der Waals surface area (Å²) in [5, 5.41) is 2.28. The molecule has 0 spiro atoms. The Labute approximate surface area is 192 Å². The summed E-state index contributed by atoms with van der Waals surface area (Å²) in [6.45, 7) is 2.00. The molecule has 2 aliphatic rings. The minimum Gasteiger partial charge on any atom is -0.497 e. The van der Waals surface area contributed by atoms with Crippen LogP contribution in [0.25, 0.3) is 10.8 Å². The van der Waals surface area contributed by atoms with E-state index in [2.05, 4.69) is 30.3 Å². The molecule has 172 valence electrons. The van der Waals surface area contributed by atoms with E-state index in [-0.39, 0.29) is 17.2 Å². The van der Waals surface area contributed by atoms with Gasteiger partial charge in [0.05, 0.1) is 12.5 Å². The van der Waals surface area contributed by atoms with Gasteiger partial charge in [0.2, 0.25) is 11.8 Å². The van der Waals surface area contributed by atoms with Gasteiger partial charge < -0.3 is 4.74 Å². The van der Waals surface area contributed by atoms with Crippen LogP contribution >= 0.6 is 0 Å². The monoisotopic (exact) mass is 435 g/mol. The van der Waals surface area contributed by atoms with E-state index in [1.807, 2.05) is 6.07 Å². The summed E-state index contributed by atoms with van der Waals surface area (Å²) in [5.41, 5.74) is 0.822. The van der Waals surface area contributed by atoms with Crippen molar-refractivity contribution in [3.63, 3.8) is 0 Å². The molecule has 2 saturated carbocycles. The van der Waals surface area contributed by atoms with E-state index in [0.717, 1.165) is 60.6 Å². The third-order valence-electron chi connectivity index (χ3n) is 7.97. The van der Waals surface area contributed by atoms with Crippen LogP contribution in [0.4, 0.5) is 0 Å². The zero-order valence-corrected chi connectivity index (χ0v) is 19.7. The fourth-order valence-electron chi connectivity index (χ4n) is 6.20. The number of amides is 2. The second-order valence-corrected chi connectivity index (χ2v) is 9.78. The van der Waals surface area contributed by atoms with Crippen molar-refractivity contribution < 1.29 is 14.3 Å². The van der Waals surface area contributed by atoms with Crippen molar-refractivity contribution in [1.82, 2.24) is 4.90 Å². The van der Waals surface area contributed by atoms with Gasteiger partial charge in [0, 0.05) is 13.5 Å². The molecule has 0 unspecified atom stereocenters. The van der Waals surface area contributed by atoms with Crippen LogP contribution in [-0.4, -0.2) is 30.4 Å². The van der Waals surface area contributed by atoms with Crippen molar-refractivity contribution in [3.8, 4) is 5.75 Å². The Morgan fingerprint density at radius 3 is 2.41 bits per heavy atom. The molecule has 4 heteroatoms. The van der Waals surface area contributed by atoms with Gasteiger partial charge in [0.15, 0.2) is 0 Å². The molecule has 0 bridgehead atoms. The molecule has 0 radical (unpaired) electrons. The summed E-state index contributed by atoms with van der Waals surface area (Å²) in [6, 6.07) is 12.3. The van der Waals surface area contributed by atoms with Crippen LogP contribution in [0.3, 0.4) is 0 Å². The fourth-order valence-corrected chi connectivity index (χ4v) is 6.20. The van der Waals surface area contributed by atoms with Gasteiger partial charge in [-0.05, 0) is 66.5 Å². The Balaban J connectivity index is 1.59. The van der Waals surface area contributed by atoms with E-state index in [0.29, 0.717) is 18.9 Å². The number of methoxy groups -OCH3 is 1. The average Bonchev–Trinajstić information content (AvgIpc) is 2.84. The summed E-state index contributed by atoms with van der Waals surface area (Å²) in [7, 11) is 1.68. The van der Waals surface area contributed by atoms with Gasteiger partial charge in [-0.2, -0.15) is 0 Å². The quantitative estimate of drug-likeness (QED) is 0.535. The molecule has 0 aromatic heterocycles. The van der Waals surface area contributed by atoms with Crippen molar-refractivity contribution >= 4 is 22.6 Å². The summed E-state index contributed by atoms with van der Waals surface area (Å²) in [6.07, 6.45) is 12.0. The van der Waals surface area contributed by atoms with Gasteiger partial charge in [0.25, 0.3) is 0 Å². The average molecular weight is 436 g/mol. The molecule has 4 nitrogen and oxygen atoms in total. The zero-order chi connectivity index (χ0) is 22.6. The lowest BCUT2D eigenvalue weighted by molar-refractivity contribution is -0.156. The SMILES string of the molecule is COc1ccc2cccc(CCN(C(C)=O)C(=O)C3(C4CCCCC4)CCCCC3)c2c1. The van der Waals surface area contributed by atoms with Crippen molar-refractivity contribution in [2.45, 2.75) is 77.6 Å². The van der Waals surface area contributed by atoms with Gasteiger partial charge >= 0.3 is 0 Å². The maximum absolute atomic E-state index is 14.0. The summed E-state index contributed by atoms with van der Waals surface area (Å²) >= 11 is 0. The lowest BCUT2D eigenvalue weighted by Crippen LogP contribution is -2.51. The van der Waals surface area contributed by atoms with Gasteiger partial charge in [0.1, 0.15) is 5.75 Å². The molecular weight excluding hydrogens is 398 g/mol. The van der Waals surface area contributed by atoms with Crippen molar-refractivity contribution in [2.24, 2.45) is 11.3 Å². The van der Waals surface area contributed by atoms with Crippen LogP contribution in [0.5, 0.6) is 5.75 Å². The van der Waals surface area contributed by atoms with E-state index in [9.17, 15) is 9.59 Å². The molecule has 2 aromatic rings. The van der Waals surface area contributed by atoms with Crippen LogP contribution in [0, 0.1) is 11.3 Å². The van der Waals surface area contributed by atoms with Crippen LogP contribution < -0.4 is 4.74 Å². The normalized spacial score (nSPS) is 18.9. The highest BCUT2D eigenvalue weighted by Gasteiger charge is 2.48. The largest absolute Gasteiger partial charge is 0.497 e. The Bertz CT molecular complexity index is 954. The fraction of sp³-hybridized carbons (Fsp3) is 0.571. The minimum absolute atomic E-state index is 0.106. The Morgan fingerprint density at radius 2 is 1.72 bits per heavy atom. The van der Waals surface area contributed by atoms with Crippen LogP contribution in [-0.2, 0) is 16.0 Å². The first-order valence-electron chi connectivity index (χ1n) is 12.4. The van der Waals surface area contributed by atoms with Gasteiger partial charge in [-0.3, -0.25) is 14.5 Å². The Kier molecular flexibility index (Phi) is 7.17. The molecule has 2 aliphatic carbocycles. The smallest absolute Gasteiger partial charge is 0.235 e. The van der Waals surface area contributed by atoms with Crippen molar-refractivity contribution in [3.05, 3.63) is 42.0 Å². The second-order valence-electron chi connectivity index (χ2n) is 9.78. The number of fused-ring (bicyclic) bond motifs is 1. The lowest BCUT2D eigenvalue weighted by atomic mass is 9.61. The number of ether oxygens (including phenoxy) is 1. The first-order chi connectivity index (χ1) is 15.5. The first kappa shape index (κ1) is 22.8. The van der Waals surface area contributed by atoms with E-state index >= 15 is 0 Å². The molecule has 0 heterocycles. The summed E-state index contributed by atoms with van der Waals surface area (Å²) in [4.78, 5) is 28.3. The molecular formula is C28H37NO3. The Morgan fingerprint density at radius 1 is 1.00 bits per heavy atom. The van der Waals surface area contributed by atoms with Crippen molar-refractivity contribution in [1.29, 1.82) is 0 Å². The predicted octanol–water partition coefficient (Wildman–Crippen LogP) is 6.30. The highest BCUT2D eigenvalue weighted by Crippen LogP contribution is 2.49. The number of hydrogen-bond acceptors (Lipinski definition) is 3. The number of rotatable bonds is 6. The van der Waals surface area contributed by atoms with E-state index in [4.69, 9.17) is 4.74 Å². The van der Waals surface area contributed by atoms with Crippen LogP contribution in [0.15, 0.2) is 36.4 Å². The lowest BCUT2D eigenvalue weighted by Gasteiger charge is -2.46. The maximum atomic E-state index is 14.0. The predicted molar refractivity (Wildman–Crippen MR) is 129 cm³/mol. The molecule has 0 atom stereocenters. The molecule has 32 heavy (non-hydrogen) atoms. The molecule has 4 rings (SSSR count). The molecule has 0 N–H and O–H groups in total. The molecule has 2 fully saturated rings. The number of hydrogen-bond donors (Lipinski definition) is 0. The van der Waals surface area contributed by atoms with Gasteiger partial charge in [-0.25, -0.2) is 0 Å². The van der Waals surface area contributed by atoms with E-state index in [1.54, 1.807) is 18.9 Å². The second kappa shape index (κ2) is 10.1. The standard InChI is InChI=1S/C28H37NO3/c1-21(30)29(19-16-23-11-9-10-22-14-15-25(32-2)20-26(22)23)27(31)28(17-7-4-8-18-28)24-12-5-3-6-13-24/h9-11,14-15,20,24H,3-8,12-13,16-19H2,1-2H3. The van der Waals surface area contributed by atoms with Gasteiger partial charge in [-0.1, -0.05) is 62.8 Å². The first-order valence-corrected chi connectivity index (χ1v) is 12.4. The molecule has 0 aliphatic heterocycles. The minimum atomic E-state index is -0.327. The number of imide groups is 1.